The standard InChI is InChI=1S/C17H26N2/c1-11-5-12(2)17(13(3)6-11)10-19-9-15-7-18-8-16(15)14(19)4/h5-6,14-16,18H,7-10H2,1-4H3. The van der Waals surface area contributed by atoms with Gasteiger partial charge in [-0.1, -0.05) is 17.7 Å². The zero-order valence-corrected chi connectivity index (χ0v) is 12.7. The van der Waals surface area contributed by atoms with Gasteiger partial charge in [0.1, 0.15) is 0 Å². The summed E-state index contributed by atoms with van der Waals surface area (Å²) in [6, 6.07) is 5.37. The maximum atomic E-state index is 3.54. The fourth-order valence-corrected chi connectivity index (χ4v) is 4.13. The summed E-state index contributed by atoms with van der Waals surface area (Å²) in [4.78, 5) is 2.70. The number of nitrogens with zero attached hydrogens (tertiary/aromatic N) is 1. The van der Waals surface area contributed by atoms with Crippen LogP contribution in [0.4, 0.5) is 0 Å². The molecule has 0 bridgehead atoms. The summed E-state index contributed by atoms with van der Waals surface area (Å²) in [5.74, 6) is 1.74. The summed E-state index contributed by atoms with van der Waals surface area (Å²) >= 11 is 0. The fraction of sp³-hybridized carbons (Fsp3) is 0.647. The van der Waals surface area contributed by atoms with Gasteiger partial charge in [0.15, 0.2) is 0 Å². The zero-order chi connectivity index (χ0) is 13.6. The summed E-state index contributed by atoms with van der Waals surface area (Å²) < 4.78 is 0. The Morgan fingerprint density at radius 1 is 1.16 bits per heavy atom. The Morgan fingerprint density at radius 3 is 2.47 bits per heavy atom. The minimum Gasteiger partial charge on any atom is -0.316 e. The Kier molecular flexibility index (Phi) is 3.40. The molecule has 2 aliphatic rings. The molecule has 19 heavy (non-hydrogen) atoms. The van der Waals surface area contributed by atoms with Gasteiger partial charge in [0.05, 0.1) is 0 Å². The van der Waals surface area contributed by atoms with Gasteiger partial charge >= 0.3 is 0 Å². The Labute approximate surface area is 117 Å². The minimum absolute atomic E-state index is 0.722. The first-order chi connectivity index (χ1) is 9.06. The van der Waals surface area contributed by atoms with Crippen molar-refractivity contribution in [2.24, 2.45) is 11.8 Å². The molecule has 1 aromatic rings. The highest BCUT2D eigenvalue weighted by Crippen LogP contribution is 2.34. The van der Waals surface area contributed by atoms with Crippen molar-refractivity contribution in [3.63, 3.8) is 0 Å². The lowest BCUT2D eigenvalue weighted by Crippen LogP contribution is -2.33. The number of likely N-dealkylation sites (tertiary alicyclic amines) is 1. The van der Waals surface area contributed by atoms with Gasteiger partial charge in [0.2, 0.25) is 0 Å². The van der Waals surface area contributed by atoms with Crippen LogP contribution in [0.1, 0.15) is 29.2 Å². The van der Waals surface area contributed by atoms with Crippen molar-refractivity contribution in [1.29, 1.82) is 0 Å². The van der Waals surface area contributed by atoms with Gasteiger partial charge in [-0.15, -0.1) is 0 Å². The van der Waals surface area contributed by atoms with Gasteiger partial charge < -0.3 is 5.32 Å². The van der Waals surface area contributed by atoms with E-state index < -0.39 is 0 Å². The molecule has 2 heteroatoms. The number of aryl methyl sites for hydroxylation is 3. The average Bonchev–Trinajstić information content (AvgIpc) is 2.88. The Bertz CT molecular complexity index is 457. The predicted molar refractivity (Wildman–Crippen MR) is 80.4 cm³/mol. The van der Waals surface area contributed by atoms with Crippen LogP contribution in [0, 0.1) is 32.6 Å². The second kappa shape index (κ2) is 4.92. The monoisotopic (exact) mass is 258 g/mol. The zero-order valence-electron chi connectivity index (χ0n) is 12.7. The smallest absolute Gasteiger partial charge is 0.0242 e. The summed E-state index contributed by atoms with van der Waals surface area (Å²) in [5.41, 5.74) is 5.85. The molecule has 2 saturated heterocycles. The molecule has 3 atom stereocenters. The molecule has 2 aliphatic heterocycles. The summed E-state index contributed by atoms with van der Waals surface area (Å²) in [6.07, 6.45) is 0. The quantitative estimate of drug-likeness (QED) is 0.877. The third-order valence-electron chi connectivity index (χ3n) is 5.26. The first-order valence-electron chi connectivity index (χ1n) is 7.57. The van der Waals surface area contributed by atoms with Crippen LogP contribution in [0.2, 0.25) is 0 Å². The third kappa shape index (κ3) is 2.32. The molecule has 0 saturated carbocycles. The number of hydrogen-bond donors (Lipinski definition) is 1. The topological polar surface area (TPSA) is 15.3 Å². The van der Waals surface area contributed by atoms with Crippen LogP contribution in [0.5, 0.6) is 0 Å². The van der Waals surface area contributed by atoms with Gasteiger partial charge in [-0.05, 0) is 69.3 Å². The van der Waals surface area contributed by atoms with Crippen molar-refractivity contribution in [1.82, 2.24) is 10.2 Å². The van der Waals surface area contributed by atoms with E-state index in [4.69, 9.17) is 0 Å². The minimum atomic E-state index is 0.722. The first-order valence-corrected chi connectivity index (χ1v) is 7.57. The lowest BCUT2D eigenvalue weighted by Gasteiger charge is -2.26. The predicted octanol–water partition coefficient (Wildman–Crippen LogP) is 2.65. The van der Waals surface area contributed by atoms with E-state index in [2.05, 4.69) is 50.0 Å². The molecular formula is C17H26N2. The highest BCUT2D eigenvalue weighted by molar-refractivity contribution is 5.37. The molecule has 0 spiro atoms. The van der Waals surface area contributed by atoms with E-state index in [1.54, 1.807) is 5.56 Å². The Morgan fingerprint density at radius 2 is 1.84 bits per heavy atom. The molecule has 1 N–H and O–H groups in total. The third-order valence-corrected chi connectivity index (χ3v) is 5.26. The van der Waals surface area contributed by atoms with Crippen LogP contribution in [0.15, 0.2) is 12.1 Å². The molecule has 0 aromatic heterocycles. The first kappa shape index (κ1) is 13.1. The number of rotatable bonds is 2. The fourth-order valence-electron chi connectivity index (χ4n) is 4.13. The normalized spacial score (nSPS) is 30.8. The van der Waals surface area contributed by atoms with Crippen molar-refractivity contribution < 1.29 is 0 Å². The lowest BCUT2D eigenvalue weighted by molar-refractivity contribution is 0.230. The lowest BCUT2D eigenvalue weighted by atomic mass is 9.95. The van der Waals surface area contributed by atoms with Gasteiger partial charge in [-0.3, -0.25) is 4.90 Å². The molecule has 0 amide bonds. The molecule has 104 valence electrons. The van der Waals surface area contributed by atoms with Crippen molar-refractivity contribution in [3.05, 3.63) is 34.4 Å². The van der Waals surface area contributed by atoms with Crippen molar-refractivity contribution in [2.75, 3.05) is 19.6 Å². The maximum Gasteiger partial charge on any atom is 0.0242 e. The number of fused-ring (bicyclic) bond motifs is 1. The SMILES string of the molecule is Cc1cc(C)c(CN2CC3CNCC3C2C)c(C)c1. The van der Waals surface area contributed by atoms with Crippen LogP contribution in [-0.4, -0.2) is 30.6 Å². The molecule has 0 radical (unpaired) electrons. The molecule has 3 unspecified atom stereocenters. The van der Waals surface area contributed by atoms with E-state index in [1.807, 2.05) is 0 Å². The van der Waals surface area contributed by atoms with Gasteiger partial charge in [-0.25, -0.2) is 0 Å². The number of hydrogen-bond acceptors (Lipinski definition) is 2. The molecular weight excluding hydrogens is 232 g/mol. The van der Waals surface area contributed by atoms with Crippen LogP contribution in [0.3, 0.4) is 0 Å². The molecule has 3 rings (SSSR count). The Balaban J connectivity index is 1.79. The number of benzene rings is 1. The average molecular weight is 258 g/mol. The van der Waals surface area contributed by atoms with Crippen molar-refractivity contribution >= 4 is 0 Å². The van der Waals surface area contributed by atoms with E-state index >= 15 is 0 Å². The van der Waals surface area contributed by atoms with Gasteiger partial charge in [-0.2, -0.15) is 0 Å². The summed E-state index contributed by atoms with van der Waals surface area (Å²) in [7, 11) is 0. The van der Waals surface area contributed by atoms with Crippen LogP contribution in [0.25, 0.3) is 0 Å². The second-order valence-corrected chi connectivity index (χ2v) is 6.63. The van der Waals surface area contributed by atoms with E-state index in [-0.39, 0.29) is 0 Å². The van der Waals surface area contributed by atoms with Crippen LogP contribution >= 0.6 is 0 Å². The molecule has 2 fully saturated rings. The van der Waals surface area contributed by atoms with Crippen molar-refractivity contribution in [2.45, 2.75) is 40.3 Å². The molecule has 1 aromatic carbocycles. The molecule has 2 nitrogen and oxygen atoms in total. The molecule has 2 heterocycles. The van der Waals surface area contributed by atoms with Crippen molar-refractivity contribution in [3.8, 4) is 0 Å². The number of nitrogens with one attached hydrogen (secondary N) is 1. The van der Waals surface area contributed by atoms with E-state index in [1.165, 1.54) is 36.3 Å². The van der Waals surface area contributed by atoms with Gasteiger partial charge in [0, 0.05) is 19.1 Å². The summed E-state index contributed by atoms with van der Waals surface area (Å²) in [6.45, 7) is 14.0. The molecule has 0 aliphatic carbocycles. The van der Waals surface area contributed by atoms with Crippen LogP contribution < -0.4 is 5.32 Å². The van der Waals surface area contributed by atoms with E-state index in [0.29, 0.717) is 0 Å². The highest BCUT2D eigenvalue weighted by atomic mass is 15.2. The largest absolute Gasteiger partial charge is 0.316 e. The second-order valence-electron chi connectivity index (χ2n) is 6.63. The van der Waals surface area contributed by atoms with Gasteiger partial charge in [0.25, 0.3) is 0 Å². The maximum absolute atomic E-state index is 3.54. The van der Waals surface area contributed by atoms with E-state index in [9.17, 15) is 0 Å². The Hall–Kier alpha value is -0.860. The van der Waals surface area contributed by atoms with Crippen LogP contribution in [-0.2, 0) is 6.54 Å². The highest BCUT2D eigenvalue weighted by Gasteiger charge is 2.41. The van der Waals surface area contributed by atoms with E-state index in [0.717, 1.165) is 24.4 Å². The summed E-state index contributed by atoms with van der Waals surface area (Å²) in [5, 5.41) is 3.54.